The summed E-state index contributed by atoms with van der Waals surface area (Å²) < 4.78 is 37.9. The van der Waals surface area contributed by atoms with Crippen molar-refractivity contribution in [3.63, 3.8) is 0 Å². The number of para-hydroxylation sites is 1. The zero-order valence-corrected chi connectivity index (χ0v) is 19.8. The van der Waals surface area contributed by atoms with Crippen LogP contribution in [-0.4, -0.2) is 71.3 Å². The topological polar surface area (TPSA) is 123 Å². The minimum atomic E-state index is -5.15. The summed E-state index contributed by atoms with van der Waals surface area (Å²) in [6, 6.07) is 5.64. The fraction of sp³-hybridized carbons (Fsp3) is 0.542. The molecule has 4 amide bonds. The highest BCUT2D eigenvalue weighted by molar-refractivity contribution is 6.07. The maximum absolute atomic E-state index is 13.8. The molecule has 9 nitrogen and oxygen atoms in total. The molecule has 12 heteroatoms. The van der Waals surface area contributed by atoms with Crippen molar-refractivity contribution in [2.24, 2.45) is 5.92 Å². The molecule has 0 aromatic heterocycles. The lowest BCUT2D eigenvalue weighted by atomic mass is 9.80. The van der Waals surface area contributed by atoms with Gasteiger partial charge >= 0.3 is 12.1 Å². The number of nitrogens with one attached hydrogen (secondary N) is 2. The van der Waals surface area contributed by atoms with Crippen molar-refractivity contribution in [1.29, 1.82) is 5.26 Å². The van der Waals surface area contributed by atoms with Crippen LogP contribution in [0.2, 0.25) is 0 Å². The second-order valence-electron chi connectivity index (χ2n) is 9.73. The number of hydrogen-bond acceptors (Lipinski definition) is 5. The molecule has 0 bridgehead atoms. The Morgan fingerprint density at radius 2 is 1.97 bits per heavy atom. The Balaban J connectivity index is 1.57. The van der Waals surface area contributed by atoms with E-state index in [4.69, 9.17) is 0 Å². The van der Waals surface area contributed by atoms with E-state index >= 15 is 0 Å². The first-order chi connectivity index (χ1) is 16.9. The number of nitrogens with zero attached hydrogens (tertiary/aromatic N) is 3. The quantitative estimate of drug-likeness (QED) is 0.609. The molecule has 2 aliphatic heterocycles. The molecule has 1 saturated carbocycles. The second kappa shape index (κ2) is 9.11. The Hall–Kier alpha value is -3.62. The fourth-order valence-corrected chi connectivity index (χ4v) is 5.07. The number of halogens is 3. The molecule has 192 valence electrons. The first kappa shape index (κ1) is 25.5. The molecule has 2 fully saturated rings. The van der Waals surface area contributed by atoms with Gasteiger partial charge in [-0.15, -0.1) is 0 Å². The summed E-state index contributed by atoms with van der Waals surface area (Å²) in [5.41, 5.74) is 0.203. The van der Waals surface area contributed by atoms with Crippen LogP contribution in [0.3, 0.4) is 0 Å². The van der Waals surface area contributed by atoms with Gasteiger partial charge in [0.05, 0.1) is 11.5 Å². The number of amides is 4. The summed E-state index contributed by atoms with van der Waals surface area (Å²) in [6.07, 6.45) is -3.12. The van der Waals surface area contributed by atoms with Gasteiger partial charge in [-0.1, -0.05) is 31.0 Å². The summed E-state index contributed by atoms with van der Waals surface area (Å²) in [5, 5.41) is 14.3. The molecule has 1 aromatic carbocycles. The molecule has 3 aliphatic rings. The van der Waals surface area contributed by atoms with Crippen molar-refractivity contribution in [1.82, 2.24) is 15.1 Å². The monoisotopic (exact) mass is 505 g/mol. The Morgan fingerprint density at radius 3 is 2.58 bits per heavy atom. The van der Waals surface area contributed by atoms with Crippen LogP contribution in [0.1, 0.15) is 38.2 Å². The number of anilines is 1. The summed E-state index contributed by atoms with van der Waals surface area (Å²) in [5.74, 6) is -3.82. The van der Waals surface area contributed by atoms with Crippen molar-refractivity contribution in [2.45, 2.75) is 62.3 Å². The molecule has 4 rings (SSSR count). The van der Waals surface area contributed by atoms with Gasteiger partial charge in [-0.2, -0.15) is 18.4 Å². The van der Waals surface area contributed by atoms with Gasteiger partial charge in [-0.05, 0) is 30.9 Å². The van der Waals surface area contributed by atoms with Crippen LogP contribution < -0.4 is 10.6 Å². The molecule has 1 aliphatic carbocycles. The Bertz CT molecular complexity index is 1150. The van der Waals surface area contributed by atoms with E-state index in [0.29, 0.717) is 11.3 Å². The van der Waals surface area contributed by atoms with E-state index in [1.54, 1.807) is 29.6 Å². The third-order valence-electron chi connectivity index (χ3n) is 7.25. The van der Waals surface area contributed by atoms with E-state index in [0.717, 1.165) is 24.7 Å². The molecule has 1 spiro atoms. The average Bonchev–Trinajstić information content (AvgIpc) is 3.51. The van der Waals surface area contributed by atoms with Crippen LogP contribution in [-0.2, 0) is 24.6 Å². The van der Waals surface area contributed by atoms with Gasteiger partial charge in [-0.3, -0.25) is 19.2 Å². The van der Waals surface area contributed by atoms with Crippen LogP contribution in [0.25, 0.3) is 0 Å². The third kappa shape index (κ3) is 4.50. The highest BCUT2D eigenvalue weighted by atomic mass is 19.4. The highest BCUT2D eigenvalue weighted by Crippen LogP contribution is 2.46. The van der Waals surface area contributed by atoms with Crippen LogP contribution >= 0.6 is 0 Å². The van der Waals surface area contributed by atoms with E-state index < -0.39 is 47.4 Å². The number of rotatable bonds is 6. The van der Waals surface area contributed by atoms with Crippen molar-refractivity contribution < 1.29 is 32.3 Å². The van der Waals surface area contributed by atoms with E-state index in [1.807, 2.05) is 0 Å². The number of likely N-dealkylation sites (tertiary alicyclic amines) is 1. The number of hydrogen-bond donors (Lipinski definition) is 2. The molecule has 2 heterocycles. The number of fused-ring (bicyclic) bond motifs is 2. The zero-order valence-electron chi connectivity index (χ0n) is 19.8. The largest absolute Gasteiger partial charge is 0.471 e. The molecule has 1 saturated heterocycles. The number of likely N-dealkylation sites (N-methyl/N-ethyl adjacent to an activating group) is 1. The number of carbonyl (C=O) groups is 4. The number of alkyl halides is 3. The highest BCUT2D eigenvalue weighted by Gasteiger charge is 2.57. The lowest BCUT2D eigenvalue weighted by Gasteiger charge is -2.34. The molecule has 1 aromatic rings. The normalized spacial score (nSPS) is 24.5. The van der Waals surface area contributed by atoms with Gasteiger partial charge in [0.25, 0.3) is 0 Å². The maximum Gasteiger partial charge on any atom is 0.471 e. The molecule has 2 N–H and O–H groups in total. The summed E-state index contributed by atoms with van der Waals surface area (Å²) in [7, 11) is 1.30. The van der Waals surface area contributed by atoms with Crippen LogP contribution in [0.15, 0.2) is 24.3 Å². The van der Waals surface area contributed by atoms with Crippen molar-refractivity contribution in [2.75, 3.05) is 18.9 Å². The first-order valence-corrected chi connectivity index (χ1v) is 11.6. The molecule has 4 atom stereocenters. The smallest absolute Gasteiger partial charge is 0.337 e. The molecule has 0 unspecified atom stereocenters. The van der Waals surface area contributed by atoms with Crippen LogP contribution in [0, 0.1) is 17.2 Å². The van der Waals surface area contributed by atoms with Gasteiger partial charge < -0.3 is 20.4 Å². The van der Waals surface area contributed by atoms with Crippen molar-refractivity contribution in [3.8, 4) is 6.07 Å². The summed E-state index contributed by atoms with van der Waals surface area (Å²) in [6.45, 7) is 1.06. The Morgan fingerprint density at radius 1 is 1.31 bits per heavy atom. The van der Waals surface area contributed by atoms with E-state index in [9.17, 15) is 37.6 Å². The van der Waals surface area contributed by atoms with Gasteiger partial charge in [0.1, 0.15) is 18.1 Å². The first-order valence-electron chi connectivity index (χ1n) is 11.6. The molecular formula is C24H26F3N5O4. The lowest BCUT2D eigenvalue weighted by molar-refractivity contribution is -0.175. The van der Waals surface area contributed by atoms with Gasteiger partial charge in [0.15, 0.2) is 0 Å². The average molecular weight is 505 g/mol. The minimum absolute atomic E-state index is 0.0591. The lowest BCUT2D eigenvalue weighted by Crippen LogP contribution is -2.56. The number of nitriles is 1. The van der Waals surface area contributed by atoms with E-state index in [1.165, 1.54) is 11.9 Å². The van der Waals surface area contributed by atoms with Crippen molar-refractivity contribution in [3.05, 3.63) is 29.8 Å². The van der Waals surface area contributed by atoms with E-state index in [-0.39, 0.29) is 31.2 Å². The summed E-state index contributed by atoms with van der Waals surface area (Å²) in [4.78, 5) is 53.4. The Kier molecular flexibility index (Phi) is 6.45. The predicted octanol–water partition coefficient (Wildman–Crippen LogP) is 1.70. The van der Waals surface area contributed by atoms with E-state index in [2.05, 4.69) is 11.4 Å². The van der Waals surface area contributed by atoms with Gasteiger partial charge in [-0.25, -0.2) is 0 Å². The second-order valence-corrected chi connectivity index (χ2v) is 9.73. The van der Waals surface area contributed by atoms with Gasteiger partial charge in [0, 0.05) is 25.7 Å². The fourth-order valence-electron chi connectivity index (χ4n) is 5.07. The van der Waals surface area contributed by atoms with Crippen molar-refractivity contribution >= 4 is 29.3 Å². The standard InChI is InChI=1S/C24H26F3N5O4/c1-13(29-22(36)24(25,26)27)19(33)31(2)18(9-14-7-8-14)20(34)32-12-23(10-15(32)11-28)16-5-3-4-6-17(16)30-21(23)35/h3-6,13-15,18H,7-10,12H2,1-2H3,(H,29,36)(H,30,35)/t13-,15-,18-,23-/m0/s1. The Labute approximate surface area is 205 Å². The zero-order chi connectivity index (χ0) is 26.4. The minimum Gasteiger partial charge on any atom is -0.337 e. The maximum atomic E-state index is 13.8. The number of carbonyl (C=O) groups excluding carboxylic acids is 4. The summed E-state index contributed by atoms with van der Waals surface area (Å²) >= 11 is 0. The molecular weight excluding hydrogens is 479 g/mol. The number of benzene rings is 1. The molecule has 36 heavy (non-hydrogen) atoms. The van der Waals surface area contributed by atoms with Crippen LogP contribution in [0.5, 0.6) is 0 Å². The van der Waals surface area contributed by atoms with Gasteiger partial charge in [0.2, 0.25) is 17.7 Å². The third-order valence-corrected chi connectivity index (χ3v) is 7.25. The van der Waals surface area contributed by atoms with Crippen LogP contribution in [0.4, 0.5) is 18.9 Å². The molecule has 0 radical (unpaired) electrons. The predicted molar refractivity (Wildman–Crippen MR) is 120 cm³/mol. The SMILES string of the molecule is C[C@H](NC(=O)C(F)(F)F)C(=O)N(C)[C@@H](CC1CC1)C(=O)N1C[C@]2(C[C@H]1C#N)C(=O)Nc1ccccc12.